The average molecular weight is 358 g/mol. The quantitative estimate of drug-likeness (QED) is 0.851. The number of nitrogens with zero attached hydrogens (tertiary/aromatic N) is 4. The van der Waals surface area contributed by atoms with Crippen LogP contribution in [0.2, 0.25) is 0 Å². The van der Waals surface area contributed by atoms with Crippen molar-refractivity contribution in [2.75, 3.05) is 44.2 Å². The molecule has 1 aromatic rings. The third kappa shape index (κ3) is 3.28. The number of piperidine rings is 2. The highest BCUT2D eigenvalue weighted by Crippen LogP contribution is 2.36. The number of fused-ring (bicyclic) bond motifs is 1. The van der Waals surface area contributed by atoms with Crippen molar-refractivity contribution in [3.63, 3.8) is 0 Å². The zero-order valence-corrected chi connectivity index (χ0v) is 15.0. The van der Waals surface area contributed by atoms with Crippen molar-refractivity contribution in [1.29, 1.82) is 0 Å². The summed E-state index contributed by atoms with van der Waals surface area (Å²) in [5, 5.41) is 11.0. The molecule has 3 aliphatic rings. The van der Waals surface area contributed by atoms with Crippen LogP contribution < -0.4 is 4.90 Å². The van der Waals surface area contributed by atoms with E-state index in [4.69, 9.17) is 0 Å². The highest BCUT2D eigenvalue weighted by molar-refractivity contribution is 5.86. The van der Waals surface area contributed by atoms with E-state index in [0.29, 0.717) is 45.4 Å². The molecule has 0 radical (unpaired) electrons. The van der Waals surface area contributed by atoms with Crippen LogP contribution in [0.5, 0.6) is 0 Å². The fraction of sp³-hybridized carbons (Fsp3) is 0.632. The number of carbonyl (C=O) groups excluding carboxylic acids is 2. The van der Waals surface area contributed by atoms with Crippen molar-refractivity contribution in [3.8, 4) is 0 Å². The smallest absolute Gasteiger partial charge is 0.242 e. The molecular formula is C19H26N4O3. The first-order valence-corrected chi connectivity index (χ1v) is 9.49. The summed E-state index contributed by atoms with van der Waals surface area (Å²) >= 11 is 0. The summed E-state index contributed by atoms with van der Waals surface area (Å²) in [6.07, 6.45) is 4.47. The lowest BCUT2D eigenvalue weighted by Crippen LogP contribution is -2.61. The van der Waals surface area contributed by atoms with Crippen LogP contribution in [0.25, 0.3) is 0 Å². The standard InChI is InChI=1S/C19H26N4O3/c24-17-5-3-9-22(17)14-18(25)23-11-7-19(26)6-10-21(12-15(19)13-23)16-4-1-2-8-20-16/h1-2,4,8,15,26H,3,5-7,9-14H2/t15-,19-/m0/s1. The van der Waals surface area contributed by atoms with Gasteiger partial charge in [-0.2, -0.15) is 0 Å². The van der Waals surface area contributed by atoms with Crippen LogP contribution in [0.4, 0.5) is 5.82 Å². The Hall–Kier alpha value is -2.15. The maximum absolute atomic E-state index is 12.7. The van der Waals surface area contributed by atoms with Gasteiger partial charge < -0.3 is 19.8 Å². The normalized spacial score (nSPS) is 29.0. The van der Waals surface area contributed by atoms with Gasteiger partial charge in [-0.1, -0.05) is 6.07 Å². The molecule has 0 unspecified atom stereocenters. The van der Waals surface area contributed by atoms with E-state index in [1.807, 2.05) is 23.1 Å². The largest absolute Gasteiger partial charge is 0.389 e. The van der Waals surface area contributed by atoms with Gasteiger partial charge in [-0.25, -0.2) is 4.98 Å². The minimum atomic E-state index is -0.703. The zero-order chi connectivity index (χ0) is 18.1. The average Bonchev–Trinajstić information content (AvgIpc) is 3.06. The predicted octanol–water partition coefficient (Wildman–Crippen LogP) is 0.494. The molecular weight excluding hydrogens is 332 g/mol. The van der Waals surface area contributed by atoms with E-state index in [1.165, 1.54) is 0 Å². The van der Waals surface area contributed by atoms with Gasteiger partial charge in [0.2, 0.25) is 11.8 Å². The summed E-state index contributed by atoms with van der Waals surface area (Å²) < 4.78 is 0. The third-order valence-corrected chi connectivity index (χ3v) is 6.09. The molecule has 4 rings (SSSR count). The Kier molecular flexibility index (Phi) is 4.56. The number of carbonyl (C=O) groups is 2. The molecule has 3 saturated heterocycles. The lowest BCUT2D eigenvalue weighted by molar-refractivity contribution is -0.145. The van der Waals surface area contributed by atoms with Gasteiger partial charge in [0.15, 0.2) is 0 Å². The molecule has 7 nitrogen and oxygen atoms in total. The lowest BCUT2D eigenvalue weighted by Gasteiger charge is -2.50. The second kappa shape index (κ2) is 6.87. The van der Waals surface area contributed by atoms with Crippen LogP contribution in [0, 0.1) is 5.92 Å². The van der Waals surface area contributed by atoms with Crippen molar-refractivity contribution in [2.45, 2.75) is 31.3 Å². The first kappa shape index (κ1) is 17.3. The van der Waals surface area contributed by atoms with Crippen LogP contribution in [-0.4, -0.2) is 76.6 Å². The van der Waals surface area contributed by atoms with E-state index >= 15 is 0 Å². The second-order valence-corrected chi connectivity index (χ2v) is 7.69. The van der Waals surface area contributed by atoms with Crippen LogP contribution in [0.1, 0.15) is 25.7 Å². The first-order valence-electron chi connectivity index (χ1n) is 9.49. The zero-order valence-electron chi connectivity index (χ0n) is 15.0. The molecule has 140 valence electrons. The van der Waals surface area contributed by atoms with E-state index in [0.717, 1.165) is 18.8 Å². The van der Waals surface area contributed by atoms with Gasteiger partial charge >= 0.3 is 0 Å². The maximum Gasteiger partial charge on any atom is 0.242 e. The van der Waals surface area contributed by atoms with E-state index in [1.54, 1.807) is 11.1 Å². The lowest BCUT2D eigenvalue weighted by atomic mass is 9.75. The molecule has 3 fully saturated rings. The minimum absolute atomic E-state index is 0.00254. The molecule has 0 spiro atoms. The van der Waals surface area contributed by atoms with Crippen LogP contribution in [-0.2, 0) is 9.59 Å². The van der Waals surface area contributed by atoms with Crippen molar-refractivity contribution in [1.82, 2.24) is 14.8 Å². The van der Waals surface area contributed by atoms with Crippen LogP contribution in [0.3, 0.4) is 0 Å². The number of aromatic nitrogens is 1. The molecule has 0 saturated carbocycles. The molecule has 26 heavy (non-hydrogen) atoms. The summed E-state index contributed by atoms with van der Waals surface area (Å²) in [5.74, 6) is 0.994. The number of rotatable bonds is 3. The Balaban J connectivity index is 1.41. The van der Waals surface area contributed by atoms with Gasteiger partial charge in [0.1, 0.15) is 5.82 Å². The minimum Gasteiger partial charge on any atom is -0.389 e. The third-order valence-electron chi connectivity index (χ3n) is 6.09. The number of hydrogen-bond acceptors (Lipinski definition) is 5. The molecule has 0 bridgehead atoms. The molecule has 1 N–H and O–H groups in total. The van der Waals surface area contributed by atoms with Crippen molar-refractivity contribution < 1.29 is 14.7 Å². The molecule has 1 aromatic heterocycles. The Morgan fingerprint density at radius 1 is 1.23 bits per heavy atom. The van der Waals surface area contributed by atoms with E-state index in [2.05, 4.69) is 9.88 Å². The molecule has 7 heteroatoms. The Bertz CT molecular complexity index is 683. The van der Waals surface area contributed by atoms with Crippen LogP contribution >= 0.6 is 0 Å². The summed E-state index contributed by atoms with van der Waals surface area (Å²) in [4.78, 5) is 34.5. The van der Waals surface area contributed by atoms with Gasteiger partial charge in [-0.15, -0.1) is 0 Å². The second-order valence-electron chi connectivity index (χ2n) is 7.69. The van der Waals surface area contributed by atoms with Crippen molar-refractivity contribution >= 4 is 17.6 Å². The number of pyridine rings is 1. The maximum atomic E-state index is 12.7. The topological polar surface area (TPSA) is 77.0 Å². The Morgan fingerprint density at radius 3 is 2.81 bits per heavy atom. The molecule has 2 amide bonds. The Labute approximate surface area is 153 Å². The number of amides is 2. The predicted molar refractivity (Wildman–Crippen MR) is 96.5 cm³/mol. The fourth-order valence-electron chi connectivity index (χ4n) is 4.41. The van der Waals surface area contributed by atoms with Gasteiger partial charge in [0.05, 0.1) is 12.1 Å². The molecule has 0 aromatic carbocycles. The molecule has 4 heterocycles. The summed E-state index contributed by atoms with van der Waals surface area (Å²) in [6, 6.07) is 5.84. The molecule has 0 aliphatic carbocycles. The SMILES string of the molecule is O=C1CCCN1CC(=O)N1CC[C@@]2(O)CCN(c3ccccn3)C[C@H]2C1. The van der Waals surface area contributed by atoms with Gasteiger partial charge in [-0.3, -0.25) is 9.59 Å². The van der Waals surface area contributed by atoms with E-state index in [-0.39, 0.29) is 24.3 Å². The van der Waals surface area contributed by atoms with Crippen molar-refractivity contribution in [2.24, 2.45) is 5.92 Å². The van der Waals surface area contributed by atoms with Crippen molar-refractivity contribution in [3.05, 3.63) is 24.4 Å². The van der Waals surface area contributed by atoms with Gasteiger partial charge in [-0.05, 0) is 31.4 Å². The summed E-state index contributed by atoms with van der Waals surface area (Å²) in [5.41, 5.74) is -0.703. The number of anilines is 1. The van der Waals surface area contributed by atoms with E-state index in [9.17, 15) is 14.7 Å². The molecule has 3 aliphatic heterocycles. The van der Waals surface area contributed by atoms with Gasteiger partial charge in [0.25, 0.3) is 0 Å². The number of likely N-dealkylation sites (tertiary alicyclic amines) is 2. The van der Waals surface area contributed by atoms with E-state index < -0.39 is 5.60 Å². The summed E-state index contributed by atoms with van der Waals surface area (Å²) in [7, 11) is 0. The first-order chi connectivity index (χ1) is 12.5. The fourth-order valence-corrected chi connectivity index (χ4v) is 4.41. The van der Waals surface area contributed by atoms with Crippen LogP contribution in [0.15, 0.2) is 24.4 Å². The highest BCUT2D eigenvalue weighted by Gasteiger charge is 2.46. The highest BCUT2D eigenvalue weighted by atomic mass is 16.3. The number of aliphatic hydroxyl groups is 1. The number of hydrogen-bond donors (Lipinski definition) is 1. The van der Waals surface area contributed by atoms with Gasteiger partial charge in [0, 0.05) is 51.3 Å². The molecule has 2 atom stereocenters. The Morgan fingerprint density at radius 2 is 2.08 bits per heavy atom. The monoisotopic (exact) mass is 358 g/mol. The summed E-state index contributed by atoms with van der Waals surface area (Å²) in [6.45, 7) is 3.44.